The van der Waals surface area contributed by atoms with Gasteiger partial charge in [-0.15, -0.1) is 0 Å². The van der Waals surface area contributed by atoms with Crippen LogP contribution in [-0.2, 0) is 10.3 Å². The van der Waals surface area contributed by atoms with Crippen LogP contribution in [0.5, 0.6) is 0 Å². The second-order valence-corrected chi connectivity index (χ2v) is 6.76. The summed E-state index contributed by atoms with van der Waals surface area (Å²) in [5.41, 5.74) is 0.736. The number of amides is 1. The van der Waals surface area contributed by atoms with E-state index in [9.17, 15) is 4.79 Å². The van der Waals surface area contributed by atoms with E-state index in [1.807, 2.05) is 38.8 Å². The molecule has 110 valence electrons. The highest BCUT2D eigenvalue weighted by Gasteiger charge is 2.42. The third kappa shape index (κ3) is 2.73. The minimum Gasteiger partial charge on any atom is -0.335 e. The molecule has 20 heavy (non-hydrogen) atoms. The van der Waals surface area contributed by atoms with E-state index in [0.29, 0.717) is 0 Å². The molecule has 1 amide bonds. The van der Waals surface area contributed by atoms with Crippen molar-refractivity contribution in [2.45, 2.75) is 39.2 Å². The van der Waals surface area contributed by atoms with Gasteiger partial charge in [0.1, 0.15) is 0 Å². The van der Waals surface area contributed by atoms with Gasteiger partial charge in [0, 0.05) is 12.5 Å². The molecule has 1 saturated heterocycles. The minimum atomic E-state index is -0.346. The lowest BCUT2D eigenvalue weighted by molar-refractivity contribution is -0.146. The Morgan fingerprint density at radius 2 is 1.70 bits per heavy atom. The standard InChI is InChI=1S/C17H26N2O/c1-16(2,3)15(20)19(4)17(10-12-18-13-11-17)14-8-6-5-7-9-14/h5-9,18H,10-13H2,1-4H3. The number of benzene rings is 1. The SMILES string of the molecule is CN(C(=O)C(C)(C)C)C1(c2ccccc2)CCNCC1. The van der Waals surface area contributed by atoms with Gasteiger partial charge in [0.05, 0.1) is 5.54 Å². The number of hydrogen-bond acceptors (Lipinski definition) is 2. The average Bonchev–Trinajstić information content (AvgIpc) is 2.46. The Kier molecular flexibility index (Phi) is 4.19. The van der Waals surface area contributed by atoms with Gasteiger partial charge in [-0.1, -0.05) is 51.1 Å². The number of piperidine rings is 1. The molecule has 0 unspecified atom stereocenters. The van der Waals surface area contributed by atoms with Crippen LogP contribution in [0.1, 0.15) is 39.2 Å². The zero-order valence-electron chi connectivity index (χ0n) is 13.1. The van der Waals surface area contributed by atoms with Crippen molar-refractivity contribution in [3.05, 3.63) is 35.9 Å². The molecule has 1 aromatic rings. The summed E-state index contributed by atoms with van der Waals surface area (Å²) >= 11 is 0. The van der Waals surface area contributed by atoms with E-state index in [1.165, 1.54) is 5.56 Å². The van der Waals surface area contributed by atoms with E-state index in [-0.39, 0.29) is 16.9 Å². The van der Waals surface area contributed by atoms with Gasteiger partial charge in [-0.3, -0.25) is 4.79 Å². The normalized spacial score (nSPS) is 18.6. The van der Waals surface area contributed by atoms with Crippen molar-refractivity contribution in [1.82, 2.24) is 10.2 Å². The quantitative estimate of drug-likeness (QED) is 0.899. The summed E-state index contributed by atoms with van der Waals surface area (Å²) in [4.78, 5) is 14.7. The summed E-state index contributed by atoms with van der Waals surface area (Å²) in [6.07, 6.45) is 1.94. The predicted molar refractivity (Wildman–Crippen MR) is 82.4 cm³/mol. The summed E-state index contributed by atoms with van der Waals surface area (Å²) in [6.45, 7) is 7.89. The number of rotatable bonds is 2. The van der Waals surface area contributed by atoms with Crippen molar-refractivity contribution in [3.8, 4) is 0 Å². The van der Waals surface area contributed by atoms with E-state index in [0.717, 1.165) is 25.9 Å². The molecule has 1 aliphatic heterocycles. The van der Waals surface area contributed by atoms with Gasteiger partial charge in [-0.05, 0) is 31.5 Å². The lowest BCUT2D eigenvalue weighted by atomic mass is 9.78. The third-order valence-corrected chi connectivity index (χ3v) is 4.33. The number of nitrogens with one attached hydrogen (secondary N) is 1. The van der Waals surface area contributed by atoms with Crippen molar-refractivity contribution in [2.75, 3.05) is 20.1 Å². The maximum absolute atomic E-state index is 12.7. The fourth-order valence-corrected chi connectivity index (χ4v) is 3.10. The van der Waals surface area contributed by atoms with Gasteiger partial charge < -0.3 is 10.2 Å². The molecule has 1 aromatic carbocycles. The molecule has 1 heterocycles. The van der Waals surface area contributed by atoms with Crippen molar-refractivity contribution in [3.63, 3.8) is 0 Å². The fraction of sp³-hybridized carbons (Fsp3) is 0.588. The van der Waals surface area contributed by atoms with Gasteiger partial charge in [0.15, 0.2) is 0 Å². The summed E-state index contributed by atoms with van der Waals surface area (Å²) in [5, 5.41) is 3.40. The van der Waals surface area contributed by atoms with Crippen molar-refractivity contribution in [1.29, 1.82) is 0 Å². The Labute approximate surface area is 122 Å². The molecule has 2 rings (SSSR count). The van der Waals surface area contributed by atoms with Gasteiger partial charge in [0.2, 0.25) is 5.91 Å². The van der Waals surface area contributed by atoms with Crippen LogP contribution < -0.4 is 5.32 Å². The van der Waals surface area contributed by atoms with Crippen LogP contribution >= 0.6 is 0 Å². The first-order valence-corrected chi connectivity index (χ1v) is 7.42. The molecule has 1 N–H and O–H groups in total. The van der Waals surface area contributed by atoms with Gasteiger partial charge in [-0.2, -0.15) is 0 Å². The van der Waals surface area contributed by atoms with E-state index in [1.54, 1.807) is 0 Å². The Morgan fingerprint density at radius 3 is 2.20 bits per heavy atom. The number of hydrogen-bond donors (Lipinski definition) is 1. The van der Waals surface area contributed by atoms with Crippen LogP contribution in [0.25, 0.3) is 0 Å². The highest BCUT2D eigenvalue weighted by Crippen LogP contribution is 2.38. The fourth-order valence-electron chi connectivity index (χ4n) is 3.10. The lowest BCUT2D eigenvalue weighted by Crippen LogP contribution is -2.55. The largest absolute Gasteiger partial charge is 0.335 e. The maximum Gasteiger partial charge on any atom is 0.228 e. The molecular formula is C17H26N2O. The Bertz CT molecular complexity index is 456. The van der Waals surface area contributed by atoms with Gasteiger partial charge in [0.25, 0.3) is 0 Å². The van der Waals surface area contributed by atoms with Gasteiger partial charge in [-0.25, -0.2) is 0 Å². The number of carbonyl (C=O) groups excluding carboxylic acids is 1. The maximum atomic E-state index is 12.7. The van der Waals surface area contributed by atoms with Crippen LogP contribution in [0.15, 0.2) is 30.3 Å². The highest BCUT2D eigenvalue weighted by molar-refractivity contribution is 5.82. The highest BCUT2D eigenvalue weighted by atomic mass is 16.2. The average molecular weight is 274 g/mol. The summed E-state index contributed by atoms with van der Waals surface area (Å²) < 4.78 is 0. The zero-order chi connectivity index (χ0) is 14.8. The monoisotopic (exact) mass is 274 g/mol. The Hall–Kier alpha value is -1.35. The molecule has 1 aliphatic rings. The molecule has 0 aliphatic carbocycles. The smallest absolute Gasteiger partial charge is 0.228 e. The molecule has 0 spiro atoms. The zero-order valence-corrected chi connectivity index (χ0v) is 13.1. The van der Waals surface area contributed by atoms with E-state index < -0.39 is 0 Å². The van der Waals surface area contributed by atoms with Crippen LogP contribution in [0.3, 0.4) is 0 Å². The van der Waals surface area contributed by atoms with Crippen LogP contribution in [0, 0.1) is 5.41 Å². The second-order valence-electron chi connectivity index (χ2n) is 6.76. The minimum absolute atomic E-state index is 0.170. The first kappa shape index (κ1) is 15.0. The predicted octanol–water partition coefficient (Wildman–Crippen LogP) is 2.77. The topological polar surface area (TPSA) is 32.3 Å². The van der Waals surface area contributed by atoms with E-state index in [2.05, 4.69) is 29.6 Å². The Balaban J connectivity index is 2.40. The molecule has 0 radical (unpaired) electrons. The first-order chi connectivity index (χ1) is 9.38. The van der Waals surface area contributed by atoms with Crippen molar-refractivity contribution < 1.29 is 4.79 Å². The molecule has 0 atom stereocenters. The second kappa shape index (κ2) is 5.57. The summed E-state index contributed by atoms with van der Waals surface area (Å²) in [6, 6.07) is 10.5. The van der Waals surface area contributed by atoms with Crippen LogP contribution in [0.4, 0.5) is 0 Å². The van der Waals surface area contributed by atoms with Crippen LogP contribution in [0.2, 0.25) is 0 Å². The molecule has 1 fully saturated rings. The number of nitrogens with zero attached hydrogens (tertiary/aromatic N) is 1. The first-order valence-electron chi connectivity index (χ1n) is 7.42. The van der Waals surface area contributed by atoms with Crippen molar-refractivity contribution >= 4 is 5.91 Å². The molecular weight excluding hydrogens is 248 g/mol. The van der Waals surface area contributed by atoms with E-state index in [4.69, 9.17) is 0 Å². The molecule has 0 saturated carbocycles. The number of carbonyl (C=O) groups is 1. The molecule has 3 heteroatoms. The Morgan fingerprint density at radius 1 is 1.15 bits per heavy atom. The summed E-state index contributed by atoms with van der Waals surface area (Å²) in [7, 11) is 1.96. The van der Waals surface area contributed by atoms with Crippen molar-refractivity contribution in [2.24, 2.45) is 5.41 Å². The molecule has 0 aromatic heterocycles. The van der Waals surface area contributed by atoms with Gasteiger partial charge >= 0.3 is 0 Å². The third-order valence-electron chi connectivity index (χ3n) is 4.33. The van der Waals surface area contributed by atoms with E-state index >= 15 is 0 Å². The van der Waals surface area contributed by atoms with Crippen LogP contribution in [-0.4, -0.2) is 30.9 Å². The summed E-state index contributed by atoms with van der Waals surface area (Å²) in [5.74, 6) is 0.211. The lowest BCUT2D eigenvalue weighted by Gasteiger charge is -2.47. The molecule has 3 nitrogen and oxygen atoms in total. The molecule has 0 bridgehead atoms.